The van der Waals surface area contributed by atoms with Crippen molar-refractivity contribution in [2.45, 2.75) is 51.2 Å². The summed E-state index contributed by atoms with van der Waals surface area (Å²) in [4.78, 5) is 13.5. The molecule has 0 radical (unpaired) electrons. The van der Waals surface area contributed by atoms with Crippen LogP contribution in [0, 0.1) is 0 Å². The van der Waals surface area contributed by atoms with Gasteiger partial charge in [0.1, 0.15) is 0 Å². The van der Waals surface area contributed by atoms with Crippen LogP contribution in [0.25, 0.3) is 22.4 Å². The average molecular weight is 436 g/mol. The molecule has 0 amide bonds. The fourth-order valence-electron chi connectivity index (χ4n) is 4.39. The number of nitrogens with zero attached hydrogens (tertiary/aromatic N) is 6. The van der Waals surface area contributed by atoms with Gasteiger partial charge >= 0.3 is 0 Å². The van der Waals surface area contributed by atoms with Crippen molar-refractivity contribution in [2.75, 3.05) is 25.6 Å². The zero-order valence-electron chi connectivity index (χ0n) is 18.6. The number of rotatable bonds is 8. The first-order valence-electron chi connectivity index (χ1n) is 11.3. The number of anilines is 1. The van der Waals surface area contributed by atoms with Crippen LogP contribution in [0.1, 0.15) is 38.3 Å². The normalized spacial score (nSPS) is 19.1. The highest BCUT2D eigenvalue weighted by Crippen LogP contribution is 2.26. The van der Waals surface area contributed by atoms with Gasteiger partial charge < -0.3 is 14.8 Å². The van der Waals surface area contributed by atoms with Crippen molar-refractivity contribution in [2.24, 2.45) is 0 Å². The maximum atomic E-state index is 5.86. The summed E-state index contributed by atoms with van der Waals surface area (Å²) in [7, 11) is 1.70. The van der Waals surface area contributed by atoms with Gasteiger partial charge in [0.2, 0.25) is 11.7 Å². The smallest absolute Gasteiger partial charge is 0.241 e. The lowest BCUT2D eigenvalue weighted by atomic mass is 9.93. The summed E-state index contributed by atoms with van der Waals surface area (Å²) in [6.07, 6.45) is 15.1. The van der Waals surface area contributed by atoms with Crippen molar-refractivity contribution in [1.82, 2.24) is 29.0 Å². The van der Waals surface area contributed by atoms with Gasteiger partial charge in [0.25, 0.3) is 0 Å². The topological polar surface area (TPSA) is 90.9 Å². The van der Waals surface area contributed by atoms with E-state index in [1.54, 1.807) is 7.11 Å². The number of hydrogen-bond donors (Lipinski definition) is 1. The third-order valence-electron chi connectivity index (χ3n) is 6.18. The van der Waals surface area contributed by atoms with E-state index in [9.17, 15) is 0 Å². The first kappa shape index (κ1) is 20.8. The van der Waals surface area contributed by atoms with Gasteiger partial charge in [-0.2, -0.15) is 0 Å². The monoisotopic (exact) mass is 435 g/mol. The summed E-state index contributed by atoms with van der Waals surface area (Å²) >= 11 is 0. The minimum Gasteiger partial charge on any atom is -0.382 e. The molecule has 0 atom stereocenters. The molecular weight excluding hydrogens is 406 g/mol. The molecular formula is C23H29N7O2. The first-order chi connectivity index (χ1) is 15.7. The molecule has 1 saturated carbocycles. The van der Waals surface area contributed by atoms with Gasteiger partial charge in [-0.1, -0.05) is 6.92 Å². The standard InChI is InChI=1S/C23H29N7O2/c1-3-18-13-26-23-25-12-16(15-29(18)23)20-8-9-30-21(20)14-24-22(28-30)27-17-4-6-19(7-5-17)32-11-10-31-2/h8-9,12-15,17,19H,3-7,10-11H2,1-2H3,(H,27,28)/t17-,19-. The molecule has 1 N–H and O–H groups in total. The van der Waals surface area contributed by atoms with Gasteiger partial charge in [-0.05, 0) is 38.2 Å². The van der Waals surface area contributed by atoms with Crippen LogP contribution in [0.2, 0.25) is 0 Å². The number of aromatic nitrogens is 6. The van der Waals surface area contributed by atoms with Crippen LogP contribution in [-0.4, -0.2) is 61.4 Å². The maximum Gasteiger partial charge on any atom is 0.241 e. The summed E-state index contributed by atoms with van der Waals surface area (Å²) in [5, 5.41) is 8.19. The number of ether oxygens (including phenoxy) is 2. The third kappa shape index (κ3) is 4.18. The number of imidazole rings is 1. The molecule has 0 aliphatic heterocycles. The Bertz CT molecular complexity index is 1190. The van der Waals surface area contributed by atoms with Crippen molar-refractivity contribution in [3.8, 4) is 11.1 Å². The van der Waals surface area contributed by atoms with Crippen molar-refractivity contribution in [3.63, 3.8) is 0 Å². The highest BCUT2D eigenvalue weighted by atomic mass is 16.5. The van der Waals surface area contributed by atoms with Gasteiger partial charge in [-0.15, -0.1) is 5.10 Å². The Morgan fingerprint density at radius 1 is 1.06 bits per heavy atom. The predicted octanol–water partition coefficient (Wildman–Crippen LogP) is 3.39. The molecule has 1 fully saturated rings. The fraction of sp³-hybridized carbons (Fsp3) is 0.478. The van der Waals surface area contributed by atoms with Gasteiger partial charge in [0.15, 0.2) is 0 Å². The lowest BCUT2D eigenvalue weighted by Crippen LogP contribution is -2.31. The average Bonchev–Trinajstić information content (AvgIpc) is 3.43. The minimum absolute atomic E-state index is 0.327. The minimum atomic E-state index is 0.327. The van der Waals surface area contributed by atoms with Crippen LogP contribution < -0.4 is 5.32 Å². The zero-order valence-corrected chi connectivity index (χ0v) is 18.6. The molecule has 0 unspecified atom stereocenters. The second-order valence-electron chi connectivity index (χ2n) is 8.24. The Labute approximate surface area is 186 Å². The van der Waals surface area contributed by atoms with Crippen LogP contribution in [0.15, 0.2) is 37.1 Å². The van der Waals surface area contributed by atoms with Crippen molar-refractivity contribution >= 4 is 17.2 Å². The van der Waals surface area contributed by atoms with Gasteiger partial charge in [0.05, 0.1) is 37.2 Å². The van der Waals surface area contributed by atoms with Gasteiger partial charge in [-0.25, -0.2) is 19.5 Å². The molecule has 9 heteroatoms. The Morgan fingerprint density at radius 2 is 1.91 bits per heavy atom. The Kier molecular flexibility index (Phi) is 6.00. The van der Waals surface area contributed by atoms with E-state index < -0.39 is 0 Å². The second-order valence-corrected chi connectivity index (χ2v) is 8.24. The van der Waals surface area contributed by atoms with Crippen molar-refractivity contribution in [3.05, 3.63) is 42.7 Å². The van der Waals surface area contributed by atoms with Crippen LogP contribution >= 0.6 is 0 Å². The number of hydrogen-bond acceptors (Lipinski definition) is 7. The Balaban J connectivity index is 1.28. The molecule has 0 bridgehead atoms. The highest BCUT2D eigenvalue weighted by molar-refractivity contribution is 5.79. The molecule has 1 aliphatic carbocycles. The fourth-order valence-corrected chi connectivity index (χ4v) is 4.39. The molecule has 4 aromatic rings. The molecule has 4 heterocycles. The largest absolute Gasteiger partial charge is 0.382 e. The lowest BCUT2D eigenvalue weighted by molar-refractivity contribution is -0.00158. The molecule has 4 aromatic heterocycles. The molecule has 168 valence electrons. The third-order valence-corrected chi connectivity index (χ3v) is 6.18. The van der Waals surface area contributed by atoms with Gasteiger partial charge in [-0.3, -0.25) is 4.40 Å². The summed E-state index contributed by atoms with van der Waals surface area (Å²) < 4.78 is 14.8. The second kappa shape index (κ2) is 9.22. The predicted molar refractivity (Wildman–Crippen MR) is 122 cm³/mol. The van der Waals surface area contributed by atoms with Crippen molar-refractivity contribution in [1.29, 1.82) is 0 Å². The molecule has 9 nitrogen and oxygen atoms in total. The van der Waals surface area contributed by atoms with E-state index in [-0.39, 0.29) is 0 Å². The Hall–Kier alpha value is -3.04. The van der Waals surface area contributed by atoms with Crippen LogP contribution in [-0.2, 0) is 15.9 Å². The van der Waals surface area contributed by atoms with Crippen LogP contribution in [0.5, 0.6) is 0 Å². The molecule has 0 saturated heterocycles. The first-order valence-corrected chi connectivity index (χ1v) is 11.3. The summed E-state index contributed by atoms with van der Waals surface area (Å²) in [5.74, 6) is 1.37. The summed E-state index contributed by atoms with van der Waals surface area (Å²) in [5.41, 5.74) is 4.16. The molecule has 0 spiro atoms. The van der Waals surface area contributed by atoms with E-state index in [1.165, 1.54) is 0 Å². The van der Waals surface area contributed by atoms with E-state index in [4.69, 9.17) is 9.47 Å². The zero-order chi connectivity index (χ0) is 21.9. The van der Waals surface area contributed by atoms with E-state index in [0.717, 1.165) is 60.2 Å². The van der Waals surface area contributed by atoms with E-state index in [0.29, 0.717) is 31.3 Å². The summed E-state index contributed by atoms with van der Waals surface area (Å²) in [6, 6.07) is 2.42. The number of nitrogens with one attached hydrogen (secondary N) is 1. The van der Waals surface area contributed by atoms with Gasteiger partial charge in [0, 0.05) is 48.6 Å². The SMILES string of the molecule is CCc1cnc2ncc(-c3ccn4nc(N[C@H]5CC[C@H](OCCOC)CC5)ncc34)cn12. The number of aryl methyl sites for hydroxylation is 1. The molecule has 32 heavy (non-hydrogen) atoms. The van der Waals surface area contributed by atoms with E-state index >= 15 is 0 Å². The maximum absolute atomic E-state index is 5.86. The molecule has 5 rings (SSSR count). The van der Waals surface area contributed by atoms with Crippen LogP contribution in [0.3, 0.4) is 0 Å². The van der Waals surface area contributed by atoms with E-state index in [2.05, 4.69) is 44.6 Å². The van der Waals surface area contributed by atoms with Crippen LogP contribution in [0.4, 0.5) is 5.95 Å². The number of fused-ring (bicyclic) bond motifs is 2. The molecule has 1 aliphatic rings. The van der Waals surface area contributed by atoms with E-state index in [1.807, 2.05) is 33.7 Å². The Morgan fingerprint density at radius 3 is 2.72 bits per heavy atom. The van der Waals surface area contributed by atoms with Crippen molar-refractivity contribution < 1.29 is 9.47 Å². The number of methoxy groups -OCH3 is 1. The quantitative estimate of drug-likeness (QED) is 0.424. The summed E-state index contributed by atoms with van der Waals surface area (Å²) in [6.45, 7) is 3.43. The lowest BCUT2D eigenvalue weighted by Gasteiger charge is -2.29. The molecule has 0 aromatic carbocycles. The highest BCUT2D eigenvalue weighted by Gasteiger charge is 2.22.